The fraction of sp³-hybridized carbons (Fsp3) is 0.333. The topological polar surface area (TPSA) is 110 Å². The molecule has 4 N–H and O–H groups in total. The molecule has 1 aromatic carbocycles. The van der Waals surface area contributed by atoms with Crippen LogP contribution in [0.3, 0.4) is 0 Å². The number of nitrogens with zero attached hydrogens (tertiary/aromatic N) is 3. The van der Waals surface area contributed by atoms with Gasteiger partial charge >= 0.3 is 0 Å². The fourth-order valence-corrected chi connectivity index (χ4v) is 1.65. The number of carbonyl (C=O) groups excluding carboxylic acids is 1. The highest BCUT2D eigenvalue weighted by Gasteiger charge is 2.13. The van der Waals surface area contributed by atoms with E-state index in [0.29, 0.717) is 12.2 Å². The average molecular weight is 260 g/mol. The Bertz CT molecular complexity index is 498. The first-order valence-corrected chi connectivity index (χ1v) is 6.05. The summed E-state index contributed by atoms with van der Waals surface area (Å²) in [5.74, 6) is 0.226. The average Bonchev–Trinajstić information content (AvgIpc) is 2.96. The van der Waals surface area contributed by atoms with Crippen molar-refractivity contribution >= 4 is 5.91 Å². The van der Waals surface area contributed by atoms with Crippen molar-refractivity contribution in [3.63, 3.8) is 0 Å². The van der Waals surface area contributed by atoms with Gasteiger partial charge in [-0.2, -0.15) is 5.21 Å². The molecule has 0 fully saturated rings. The molecule has 1 heterocycles. The number of H-pyrrole nitrogens is 1. The second-order valence-corrected chi connectivity index (χ2v) is 4.18. The van der Waals surface area contributed by atoms with Gasteiger partial charge < -0.3 is 11.1 Å². The summed E-state index contributed by atoms with van der Waals surface area (Å²) in [6, 6.07) is 9.40. The molecule has 0 aliphatic carbocycles. The molecule has 1 aromatic heterocycles. The summed E-state index contributed by atoms with van der Waals surface area (Å²) < 4.78 is 0. The number of nitrogens with two attached hydrogens (primary N) is 1. The molecule has 0 unspecified atom stereocenters. The van der Waals surface area contributed by atoms with Crippen LogP contribution in [-0.4, -0.2) is 32.6 Å². The number of rotatable bonds is 6. The Hall–Kier alpha value is -2.28. The molecule has 0 saturated heterocycles. The third kappa shape index (κ3) is 4.14. The molecular formula is C12H16N6O. The Morgan fingerprint density at radius 1 is 1.37 bits per heavy atom. The lowest BCUT2D eigenvalue weighted by atomic mass is 10.1. The Morgan fingerprint density at radius 2 is 2.16 bits per heavy atom. The van der Waals surface area contributed by atoms with Crippen LogP contribution >= 0.6 is 0 Å². The molecule has 2 rings (SSSR count). The van der Waals surface area contributed by atoms with Gasteiger partial charge in [-0.3, -0.25) is 4.79 Å². The summed E-state index contributed by atoms with van der Waals surface area (Å²) in [4.78, 5) is 11.7. The highest BCUT2D eigenvalue weighted by atomic mass is 16.2. The molecule has 7 nitrogen and oxygen atoms in total. The molecule has 1 amide bonds. The minimum absolute atomic E-state index is 0.208. The first-order valence-electron chi connectivity index (χ1n) is 6.05. The summed E-state index contributed by atoms with van der Waals surface area (Å²) >= 11 is 0. The third-order valence-corrected chi connectivity index (χ3v) is 2.73. The van der Waals surface area contributed by atoms with E-state index in [0.717, 1.165) is 6.42 Å². The van der Waals surface area contributed by atoms with E-state index in [2.05, 4.69) is 25.9 Å². The molecule has 0 bridgehead atoms. The SMILES string of the molecule is N[C@@H](CCc1ccccc1)C(=O)NCc1nn[nH]n1. The van der Waals surface area contributed by atoms with Gasteiger partial charge in [-0.05, 0) is 18.4 Å². The monoisotopic (exact) mass is 260 g/mol. The molecule has 7 heteroatoms. The van der Waals surface area contributed by atoms with Crippen LogP contribution in [0.5, 0.6) is 0 Å². The van der Waals surface area contributed by atoms with E-state index in [1.807, 2.05) is 30.3 Å². The number of amides is 1. The second kappa shape index (κ2) is 6.60. The lowest BCUT2D eigenvalue weighted by Crippen LogP contribution is -2.40. The molecule has 0 spiro atoms. The predicted molar refractivity (Wildman–Crippen MR) is 68.8 cm³/mol. The van der Waals surface area contributed by atoms with Gasteiger partial charge in [-0.15, -0.1) is 10.2 Å². The Kier molecular flexibility index (Phi) is 4.57. The summed E-state index contributed by atoms with van der Waals surface area (Å²) in [6.45, 7) is 0.231. The van der Waals surface area contributed by atoms with Crippen LogP contribution in [0, 0.1) is 0 Å². The number of aromatic nitrogens is 4. The van der Waals surface area contributed by atoms with Crippen molar-refractivity contribution in [3.8, 4) is 0 Å². The van der Waals surface area contributed by atoms with Crippen LogP contribution in [0.15, 0.2) is 30.3 Å². The highest BCUT2D eigenvalue weighted by molar-refractivity contribution is 5.81. The van der Waals surface area contributed by atoms with Gasteiger partial charge in [-0.1, -0.05) is 35.5 Å². The van der Waals surface area contributed by atoms with E-state index in [1.54, 1.807) is 0 Å². The van der Waals surface area contributed by atoms with E-state index < -0.39 is 6.04 Å². The molecule has 0 saturated carbocycles. The molecule has 0 aliphatic rings. The number of aromatic amines is 1. The molecule has 1 atom stereocenters. The number of tetrazole rings is 1. The molecule has 2 aromatic rings. The molecule has 0 aliphatic heterocycles. The molecule has 19 heavy (non-hydrogen) atoms. The Labute approximate surface area is 110 Å². The predicted octanol–water partition coefficient (Wildman–Crippen LogP) is -0.224. The van der Waals surface area contributed by atoms with Crippen LogP contribution in [-0.2, 0) is 17.8 Å². The summed E-state index contributed by atoms with van der Waals surface area (Å²) in [6.07, 6.45) is 1.37. The zero-order valence-electron chi connectivity index (χ0n) is 10.4. The van der Waals surface area contributed by atoms with Crippen LogP contribution in [0.25, 0.3) is 0 Å². The van der Waals surface area contributed by atoms with Crippen molar-refractivity contribution in [2.75, 3.05) is 0 Å². The third-order valence-electron chi connectivity index (χ3n) is 2.73. The number of carbonyl (C=O) groups is 1. The number of hydrogen-bond donors (Lipinski definition) is 3. The highest BCUT2D eigenvalue weighted by Crippen LogP contribution is 2.04. The van der Waals surface area contributed by atoms with E-state index in [4.69, 9.17) is 5.73 Å². The Balaban J connectivity index is 1.73. The van der Waals surface area contributed by atoms with Crippen molar-refractivity contribution in [2.24, 2.45) is 5.73 Å². The smallest absolute Gasteiger partial charge is 0.237 e. The van der Waals surface area contributed by atoms with E-state index >= 15 is 0 Å². The van der Waals surface area contributed by atoms with Gasteiger partial charge in [0.1, 0.15) is 0 Å². The standard InChI is InChI=1S/C12H16N6O/c13-10(7-6-9-4-2-1-3-5-9)12(19)14-8-11-15-17-18-16-11/h1-5,10H,6-8,13H2,(H,14,19)(H,15,16,17,18)/t10-/m0/s1. The summed E-state index contributed by atoms with van der Waals surface area (Å²) in [5.41, 5.74) is 7.00. The van der Waals surface area contributed by atoms with E-state index in [1.165, 1.54) is 5.56 Å². The minimum atomic E-state index is -0.535. The van der Waals surface area contributed by atoms with Crippen molar-refractivity contribution in [3.05, 3.63) is 41.7 Å². The maximum absolute atomic E-state index is 11.7. The number of hydrogen-bond acceptors (Lipinski definition) is 5. The molecular weight excluding hydrogens is 244 g/mol. The quantitative estimate of drug-likeness (QED) is 0.665. The summed E-state index contributed by atoms with van der Waals surface area (Å²) in [7, 11) is 0. The van der Waals surface area contributed by atoms with Gasteiger partial charge in [-0.25, -0.2) is 0 Å². The lowest BCUT2D eigenvalue weighted by Gasteiger charge is -2.11. The van der Waals surface area contributed by atoms with Gasteiger partial charge in [0.05, 0.1) is 12.6 Å². The molecule has 100 valence electrons. The fourth-order valence-electron chi connectivity index (χ4n) is 1.65. The summed E-state index contributed by atoms with van der Waals surface area (Å²) in [5, 5.41) is 15.9. The minimum Gasteiger partial charge on any atom is -0.347 e. The van der Waals surface area contributed by atoms with Gasteiger partial charge in [0, 0.05) is 0 Å². The molecule has 0 radical (unpaired) electrons. The first-order chi connectivity index (χ1) is 9.25. The second-order valence-electron chi connectivity index (χ2n) is 4.18. The maximum atomic E-state index is 11.7. The van der Waals surface area contributed by atoms with Gasteiger partial charge in [0.25, 0.3) is 0 Å². The largest absolute Gasteiger partial charge is 0.347 e. The van der Waals surface area contributed by atoms with Gasteiger partial charge in [0.2, 0.25) is 5.91 Å². The lowest BCUT2D eigenvalue weighted by molar-refractivity contribution is -0.122. The van der Waals surface area contributed by atoms with Gasteiger partial charge in [0.15, 0.2) is 5.82 Å². The van der Waals surface area contributed by atoms with Crippen molar-refractivity contribution in [2.45, 2.75) is 25.4 Å². The zero-order chi connectivity index (χ0) is 13.5. The Morgan fingerprint density at radius 3 is 2.84 bits per heavy atom. The van der Waals surface area contributed by atoms with Crippen molar-refractivity contribution < 1.29 is 4.79 Å². The van der Waals surface area contributed by atoms with Crippen LogP contribution in [0.2, 0.25) is 0 Å². The maximum Gasteiger partial charge on any atom is 0.237 e. The zero-order valence-corrected chi connectivity index (χ0v) is 10.4. The van der Waals surface area contributed by atoms with Crippen LogP contribution in [0.1, 0.15) is 17.8 Å². The van der Waals surface area contributed by atoms with Crippen molar-refractivity contribution in [1.82, 2.24) is 25.9 Å². The van der Waals surface area contributed by atoms with Crippen molar-refractivity contribution in [1.29, 1.82) is 0 Å². The number of benzene rings is 1. The first kappa shape index (κ1) is 13.2. The van der Waals surface area contributed by atoms with E-state index in [-0.39, 0.29) is 12.5 Å². The van der Waals surface area contributed by atoms with Crippen LogP contribution in [0.4, 0.5) is 0 Å². The number of aryl methyl sites for hydroxylation is 1. The van der Waals surface area contributed by atoms with Crippen LogP contribution < -0.4 is 11.1 Å². The number of nitrogens with one attached hydrogen (secondary N) is 2. The van der Waals surface area contributed by atoms with E-state index in [9.17, 15) is 4.79 Å². The normalized spacial score (nSPS) is 12.1.